The quantitative estimate of drug-likeness (QED) is 0.0513. The summed E-state index contributed by atoms with van der Waals surface area (Å²) in [5.41, 5.74) is 10.7. The monoisotopic (exact) mass is 655 g/mol. The number of furan rings is 1. The van der Waals surface area contributed by atoms with E-state index in [1.807, 2.05) is 12.3 Å². The molecule has 9 nitrogen and oxygen atoms in total. The summed E-state index contributed by atoms with van der Waals surface area (Å²) in [6.07, 6.45) is 5.86. The summed E-state index contributed by atoms with van der Waals surface area (Å²) in [4.78, 5) is 24.1. The van der Waals surface area contributed by atoms with E-state index in [1.54, 1.807) is 49.5 Å². The van der Waals surface area contributed by atoms with Crippen LogP contribution in [0.25, 0.3) is 22.3 Å². The number of fused-ring (bicyclic) bond motifs is 1. The Kier molecular flexibility index (Phi) is 12.2. The molecule has 240 valence electrons. The smallest absolute Gasteiger partial charge is 0.337 e. The third-order valence-electron chi connectivity index (χ3n) is 7.33. The van der Waals surface area contributed by atoms with Gasteiger partial charge in [0.15, 0.2) is 0 Å². The Balaban J connectivity index is 0.00000226. The molecule has 1 heterocycles. The van der Waals surface area contributed by atoms with Crippen molar-refractivity contribution in [2.75, 3.05) is 56.0 Å². The molecule has 1 saturated carbocycles. The Bertz CT molecular complexity index is 1630. The van der Waals surface area contributed by atoms with Crippen LogP contribution < -0.4 is 15.4 Å². The molecule has 1 fully saturated rings. The fourth-order valence-electron chi connectivity index (χ4n) is 5.01. The summed E-state index contributed by atoms with van der Waals surface area (Å²) >= 11 is 5.11. The minimum atomic E-state index is -1.06. The van der Waals surface area contributed by atoms with E-state index in [2.05, 4.69) is 28.3 Å². The molecule has 1 aliphatic carbocycles. The number of hydrogen-bond donors (Lipinski definition) is 4. The first-order valence-electron chi connectivity index (χ1n) is 14.4. The Hall–Kier alpha value is -3.71. The number of nitrogen functional groups attached to an aromatic ring is 1. The lowest BCUT2D eigenvalue weighted by Gasteiger charge is -2.24. The number of nitrogens with two attached hydrogens (primary N) is 1. The maximum absolute atomic E-state index is 13.6. The summed E-state index contributed by atoms with van der Waals surface area (Å²) < 4.78 is 33.6. The van der Waals surface area contributed by atoms with Crippen molar-refractivity contribution in [2.45, 2.75) is 25.4 Å². The number of thiol groups is 1. The topological polar surface area (TPSA) is 127 Å². The van der Waals surface area contributed by atoms with Crippen LogP contribution in [0, 0.1) is 5.82 Å². The van der Waals surface area contributed by atoms with Crippen molar-refractivity contribution in [1.82, 2.24) is 5.32 Å². The van der Waals surface area contributed by atoms with Gasteiger partial charge in [0, 0.05) is 36.0 Å². The van der Waals surface area contributed by atoms with Crippen LogP contribution in [0.1, 0.15) is 50.6 Å². The zero-order valence-electron chi connectivity index (χ0n) is 25.5. The molecule has 1 aromatic heterocycles. The maximum Gasteiger partial charge on any atom is 0.337 e. The highest BCUT2D eigenvalue weighted by atomic mass is 32.2. The van der Waals surface area contributed by atoms with Crippen LogP contribution >= 0.6 is 24.6 Å². The fourth-order valence-corrected chi connectivity index (χ4v) is 5.62. The number of carboxylic acid groups (broad SMARTS) is 1. The summed E-state index contributed by atoms with van der Waals surface area (Å²) in [6, 6.07) is 14.8. The number of rotatable bonds is 14. The first-order chi connectivity index (χ1) is 21.8. The average Bonchev–Trinajstić information content (AvgIpc) is 3.83. The second-order valence-corrected chi connectivity index (χ2v) is 11.1. The van der Waals surface area contributed by atoms with Gasteiger partial charge in [-0.25, -0.2) is 9.18 Å². The van der Waals surface area contributed by atoms with Gasteiger partial charge in [0.25, 0.3) is 5.91 Å². The van der Waals surface area contributed by atoms with Gasteiger partial charge in [-0.1, -0.05) is 18.0 Å². The number of ether oxygens (including phenoxy) is 2. The lowest BCUT2D eigenvalue weighted by molar-refractivity contribution is 0.0436. The average molecular weight is 656 g/mol. The summed E-state index contributed by atoms with van der Waals surface area (Å²) in [5, 5.41) is 12.6. The molecule has 12 heteroatoms. The Labute approximate surface area is 271 Å². The highest BCUT2D eigenvalue weighted by Gasteiger charge is 2.31. The van der Waals surface area contributed by atoms with Crippen LogP contribution in [-0.4, -0.2) is 62.9 Å². The van der Waals surface area contributed by atoms with Crippen LogP contribution in [0.15, 0.2) is 59.0 Å². The molecule has 45 heavy (non-hydrogen) atoms. The van der Waals surface area contributed by atoms with E-state index in [0.717, 1.165) is 35.0 Å². The van der Waals surface area contributed by atoms with E-state index in [1.165, 1.54) is 18.2 Å². The van der Waals surface area contributed by atoms with Gasteiger partial charge in [-0.05, 0) is 78.6 Å². The molecule has 0 atom stereocenters. The second-order valence-electron chi connectivity index (χ2n) is 10.3. The highest BCUT2D eigenvalue weighted by molar-refractivity contribution is 7.99. The van der Waals surface area contributed by atoms with E-state index < -0.39 is 5.97 Å². The largest absolute Gasteiger partial charge is 0.478 e. The molecule has 0 aliphatic heterocycles. The standard InChI is InChI=1S/C32H34FN3O6S.CH4S/c1-35-31(37)29-25-16-24(20-4-5-20)27(17-28(25)42-30(29)21-6-8-22(33)9-7-21)36(43-2)11-12-40-13-14-41-18-19-3-10-23(32(38)39)26(34)15-19;1-2/h3,6-10,15-17,20H,4-5,11-14,18,34H2,1-2H3,(H,35,37)(H,38,39);2H,1H3. The van der Waals surface area contributed by atoms with Crippen molar-refractivity contribution in [3.05, 3.63) is 82.7 Å². The van der Waals surface area contributed by atoms with Gasteiger partial charge in [-0.3, -0.25) is 4.79 Å². The minimum Gasteiger partial charge on any atom is -0.478 e. The fraction of sp³-hybridized carbons (Fsp3) is 0.333. The van der Waals surface area contributed by atoms with Crippen LogP contribution in [0.5, 0.6) is 0 Å². The summed E-state index contributed by atoms with van der Waals surface area (Å²) in [7, 11) is 1.58. The molecule has 1 amide bonds. The number of benzene rings is 3. The van der Waals surface area contributed by atoms with Gasteiger partial charge in [0.1, 0.15) is 17.2 Å². The van der Waals surface area contributed by atoms with Gasteiger partial charge < -0.3 is 34.4 Å². The third kappa shape index (κ3) is 8.31. The van der Waals surface area contributed by atoms with Gasteiger partial charge in [-0.2, -0.15) is 12.6 Å². The molecular weight excluding hydrogens is 618 g/mol. The zero-order valence-corrected chi connectivity index (χ0v) is 27.2. The number of anilines is 2. The molecule has 0 radical (unpaired) electrons. The molecule has 5 rings (SSSR count). The zero-order chi connectivity index (χ0) is 32.5. The number of amides is 1. The van der Waals surface area contributed by atoms with Crippen molar-refractivity contribution in [2.24, 2.45) is 0 Å². The molecular formula is C33H38FN3O6S2. The molecule has 4 aromatic rings. The van der Waals surface area contributed by atoms with Crippen molar-refractivity contribution < 1.29 is 33.0 Å². The molecule has 1 aliphatic rings. The molecule has 0 saturated heterocycles. The van der Waals surface area contributed by atoms with E-state index >= 15 is 0 Å². The van der Waals surface area contributed by atoms with Crippen LogP contribution in [0.4, 0.5) is 15.8 Å². The number of nitrogens with one attached hydrogen (secondary N) is 1. The normalized spacial score (nSPS) is 12.5. The predicted molar refractivity (Wildman–Crippen MR) is 181 cm³/mol. The number of carbonyl (C=O) groups excluding carboxylic acids is 1. The number of aromatic carboxylic acids is 1. The summed E-state index contributed by atoms with van der Waals surface area (Å²) in [5.74, 6) is -0.863. The SMILES string of the molecule is CNC(=O)c1c(-c2ccc(F)cc2)oc2cc(N(CCOCCOCc3ccc(C(=O)O)c(N)c3)SC)c(C3CC3)cc12.CS. The first-order valence-corrected chi connectivity index (χ1v) is 16.5. The number of nitrogens with zero attached hydrogens (tertiary/aromatic N) is 1. The predicted octanol–water partition coefficient (Wildman–Crippen LogP) is 6.62. The molecule has 0 unspecified atom stereocenters. The van der Waals surface area contributed by atoms with Gasteiger partial charge >= 0.3 is 5.97 Å². The molecule has 4 N–H and O–H groups in total. The summed E-state index contributed by atoms with van der Waals surface area (Å²) in [6.45, 7) is 2.16. The van der Waals surface area contributed by atoms with E-state index in [0.29, 0.717) is 61.4 Å². The van der Waals surface area contributed by atoms with E-state index in [4.69, 9.17) is 24.7 Å². The third-order valence-corrected chi connectivity index (χ3v) is 8.15. The van der Waals surface area contributed by atoms with Gasteiger partial charge in [0.2, 0.25) is 0 Å². The van der Waals surface area contributed by atoms with Crippen LogP contribution in [0.3, 0.4) is 0 Å². The maximum atomic E-state index is 13.6. The van der Waals surface area contributed by atoms with Gasteiger partial charge in [-0.15, -0.1) is 0 Å². The molecule has 3 aromatic carbocycles. The van der Waals surface area contributed by atoms with E-state index in [-0.39, 0.29) is 23.0 Å². The van der Waals surface area contributed by atoms with Crippen molar-refractivity contribution in [1.29, 1.82) is 0 Å². The molecule has 0 bridgehead atoms. The Morgan fingerprint density at radius 2 is 1.80 bits per heavy atom. The number of hydrogen-bond acceptors (Lipinski definition) is 9. The van der Waals surface area contributed by atoms with Crippen molar-refractivity contribution in [3.63, 3.8) is 0 Å². The van der Waals surface area contributed by atoms with Crippen molar-refractivity contribution >= 4 is 58.8 Å². The first kappa shape index (κ1) is 34.2. The van der Waals surface area contributed by atoms with E-state index in [9.17, 15) is 14.0 Å². The highest BCUT2D eigenvalue weighted by Crippen LogP contribution is 2.48. The van der Waals surface area contributed by atoms with Crippen LogP contribution in [0.2, 0.25) is 0 Å². The Morgan fingerprint density at radius 3 is 2.42 bits per heavy atom. The number of halogens is 1. The lowest BCUT2D eigenvalue weighted by atomic mass is 10.0. The molecule has 0 spiro atoms. The lowest BCUT2D eigenvalue weighted by Crippen LogP contribution is -2.22. The van der Waals surface area contributed by atoms with Gasteiger partial charge in [0.05, 0.1) is 49.8 Å². The Morgan fingerprint density at radius 1 is 1.09 bits per heavy atom. The number of carbonyl (C=O) groups is 2. The van der Waals surface area contributed by atoms with Crippen molar-refractivity contribution in [3.8, 4) is 11.3 Å². The second kappa shape index (κ2) is 16.0. The number of carboxylic acids is 1. The minimum absolute atomic E-state index is 0.0710. The van der Waals surface area contributed by atoms with Crippen LogP contribution in [-0.2, 0) is 16.1 Å².